The van der Waals surface area contributed by atoms with Gasteiger partial charge < -0.3 is 4.98 Å². The molecular formula is C16H19F2N7O2S. The number of aromatic amines is 1. The molecule has 2 atom stereocenters. The minimum absolute atomic E-state index is 0.206. The topological polar surface area (TPSA) is 108 Å². The molecule has 0 radical (unpaired) electrons. The molecule has 3 aromatic heterocycles. The van der Waals surface area contributed by atoms with E-state index in [2.05, 4.69) is 24.9 Å². The van der Waals surface area contributed by atoms with E-state index < -0.39 is 35.1 Å². The molecule has 0 unspecified atom stereocenters. The van der Waals surface area contributed by atoms with Crippen molar-refractivity contribution in [2.75, 3.05) is 13.1 Å². The number of hydrogen-bond acceptors (Lipinski definition) is 6. The minimum atomic E-state index is -3.40. The summed E-state index contributed by atoms with van der Waals surface area (Å²) in [5, 5.41) is 8.01. The van der Waals surface area contributed by atoms with E-state index in [-0.39, 0.29) is 11.8 Å². The molecule has 5 rings (SSSR count). The third-order valence-electron chi connectivity index (χ3n) is 5.34. The van der Waals surface area contributed by atoms with Crippen LogP contribution in [-0.4, -0.2) is 68.7 Å². The van der Waals surface area contributed by atoms with Crippen LogP contribution in [0.25, 0.3) is 16.8 Å². The van der Waals surface area contributed by atoms with E-state index in [4.69, 9.17) is 0 Å². The Morgan fingerprint density at radius 2 is 2.14 bits per heavy atom. The summed E-state index contributed by atoms with van der Waals surface area (Å²) in [5.41, 5.74) is 1.90. The molecule has 2 aliphatic rings. The molecule has 1 saturated carbocycles. The maximum absolute atomic E-state index is 13.2. The maximum atomic E-state index is 13.2. The molecule has 2 fully saturated rings. The van der Waals surface area contributed by atoms with Crippen molar-refractivity contribution in [3.05, 3.63) is 24.3 Å². The number of nitrogens with one attached hydrogen (secondary N) is 2. The zero-order valence-corrected chi connectivity index (χ0v) is 15.6. The van der Waals surface area contributed by atoms with Crippen LogP contribution in [0.1, 0.15) is 31.1 Å². The smallest absolute Gasteiger partial charge is 0.251 e. The number of halogens is 2. The summed E-state index contributed by atoms with van der Waals surface area (Å²) in [5.74, 6) is 0.510. The van der Waals surface area contributed by atoms with Crippen molar-refractivity contribution in [2.24, 2.45) is 0 Å². The van der Waals surface area contributed by atoms with Crippen LogP contribution in [0.4, 0.5) is 8.78 Å². The third kappa shape index (κ3) is 3.05. The summed E-state index contributed by atoms with van der Waals surface area (Å²) in [6.45, 7) is -0.250. The van der Waals surface area contributed by atoms with E-state index in [1.165, 1.54) is 0 Å². The van der Waals surface area contributed by atoms with Gasteiger partial charge in [-0.25, -0.2) is 26.9 Å². The number of fused-ring (bicyclic) bond motifs is 3. The number of alkyl halides is 2. The second-order valence-electron chi connectivity index (χ2n) is 7.38. The summed E-state index contributed by atoms with van der Waals surface area (Å²) in [4.78, 5) is 8.85. The summed E-state index contributed by atoms with van der Waals surface area (Å²) in [6, 6.07) is 0.906. The number of nitrogens with zero attached hydrogens (tertiary/aromatic N) is 5. The Balaban J connectivity index is 1.51. The largest absolute Gasteiger partial charge is 0.345 e. The molecule has 3 aromatic rings. The third-order valence-corrected chi connectivity index (χ3v) is 7.35. The lowest BCUT2D eigenvalue weighted by atomic mass is 10.1. The lowest BCUT2D eigenvalue weighted by molar-refractivity contribution is 0.0799. The van der Waals surface area contributed by atoms with Crippen molar-refractivity contribution in [2.45, 2.75) is 43.0 Å². The van der Waals surface area contributed by atoms with Gasteiger partial charge in [0.1, 0.15) is 0 Å². The number of likely N-dealkylation sites (tertiary alicyclic amines) is 1. The van der Waals surface area contributed by atoms with Gasteiger partial charge in [-0.05, 0) is 25.3 Å². The van der Waals surface area contributed by atoms with Crippen molar-refractivity contribution in [1.29, 1.82) is 0 Å². The van der Waals surface area contributed by atoms with Crippen molar-refractivity contribution in [1.82, 2.24) is 34.2 Å². The lowest BCUT2D eigenvalue weighted by Gasteiger charge is -2.22. The summed E-state index contributed by atoms with van der Waals surface area (Å²) in [6.07, 6.45) is 2.43. The Kier molecular flexibility index (Phi) is 4.10. The normalized spacial score (nSPS) is 24.1. The zero-order chi connectivity index (χ0) is 19.5. The molecule has 2 N–H and O–H groups in total. The van der Waals surface area contributed by atoms with Crippen molar-refractivity contribution < 1.29 is 17.2 Å². The van der Waals surface area contributed by atoms with E-state index in [1.807, 2.05) is 6.07 Å². The van der Waals surface area contributed by atoms with E-state index in [0.717, 1.165) is 5.52 Å². The van der Waals surface area contributed by atoms with Gasteiger partial charge in [0, 0.05) is 18.8 Å². The highest BCUT2D eigenvalue weighted by atomic mass is 32.2. The lowest BCUT2D eigenvalue weighted by Crippen LogP contribution is -2.39. The highest BCUT2D eigenvalue weighted by Gasteiger charge is 2.42. The van der Waals surface area contributed by atoms with Gasteiger partial charge in [-0.15, -0.1) is 10.2 Å². The van der Waals surface area contributed by atoms with Gasteiger partial charge in [-0.2, -0.15) is 0 Å². The summed E-state index contributed by atoms with van der Waals surface area (Å²) < 4.78 is 55.5. The molecule has 28 heavy (non-hydrogen) atoms. The van der Waals surface area contributed by atoms with Crippen LogP contribution in [0.3, 0.4) is 0 Å². The monoisotopic (exact) mass is 411 g/mol. The quantitative estimate of drug-likeness (QED) is 0.628. The van der Waals surface area contributed by atoms with E-state index in [1.54, 1.807) is 21.7 Å². The fourth-order valence-corrected chi connectivity index (χ4v) is 5.54. The number of aromatic nitrogens is 5. The molecule has 150 valence electrons. The van der Waals surface area contributed by atoms with Gasteiger partial charge in [-0.3, -0.25) is 9.30 Å². The van der Waals surface area contributed by atoms with Crippen molar-refractivity contribution >= 4 is 26.8 Å². The van der Waals surface area contributed by atoms with Crippen LogP contribution < -0.4 is 4.72 Å². The second-order valence-corrected chi connectivity index (χ2v) is 9.37. The molecule has 9 nitrogen and oxygen atoms in total. The first-order valence-corrected chi connectivity index (χ1v) is 10.7. The minimum Gasteiger partial charge on any atom is -0.345 e. The molecule has 0 spiro atoms. The van der Waals surface area contributed by atoms with Gasteiger partial charge in [0.05, 0.1) is 29.6 Å². The van der Waals surface area contributed by atoms with Crippen LogP contribution in [0.15, 0.2) is 18.5 Å². The van der Waals surface area contributed by atoms with Crippen LogP contribution >= 0.6 is 0 Å². The maximum Gasteiger partial charge on any atom is 0.251 e. The Labute approximate surface area is 159 Å². The average molecular weight is 411 g/mol. The molecule has 0 aromatic carbocycles. The summed E-state index contributed by atoms with van der Waals surface area (Å²) >= 11 is 0. The van der Waals surface area contributed by atoms with Gasteiger partial charge in [-0.1, -0.05) is 0 Å². The first kappa shape index (κ1) is 17.9. The first-order chi connectivity index (χ1) is 13.4. The zero-order valence-electron chi connectivity index (χ0n) is 14.8. The van der Waals surface area contributed by atoms with Crippen LogP contribution in [-0.2, 0) is 10.0 Å². The predicted octanol–water partition coefficient (Wildman–Crippen LogP) is 1.07. The average Bonchev–Trinajstić information content (AvgIpc) is 3.08. The van der Waals surface area contributed by atoms with E-state index in [0.29, 0.717) is 36.4 Å². The molecule has 1 aliphatic heterocycles. The Bertz CT molecular complexity index is 1120. The number of H-pyrrole nitrogens is 1. The summed E-state index contributed by atoms with van der Waals surface area (Å²) in [7, 11) is -3.40. The Morgan fingerprint density at radius 1 is 1.32 bits per heavy atom. The number of hydrogen-bond donors (Lipinski definition) is 2. The molecule has 0 bridgehead atoms. The molecule has 1 aliphatic carbocycles. The Morgan fingerprint density at radius 3 is 2.89 bits per heavy atom. The fourth-order valence-electron chi connectivity index (χ4n) is 3.96. The van der Waals surface area contributed by atoms with Crippen LogP contribution in [0.5, 0.6) is 0 Å². The van der Waals surface area contributed by atoms with E-state index in [9.17, 15) is 17.2 Å². The highest BCUT2D eigenvalue weighted by Crippen LogP contribution is 2.35. The van der Waals surface area contributed by atoms with Crippen LogP contribution in [0, 0.1) is 0 Å². The van der Waals surface area contributed by atoms with Crippen LogP contribution in [0.2, 0.25) is 0 Å². The highest BCUT2D eigenvalue weighted by molar-refractivity contribution is 7.90. The van der Waals surface area contributed by atoms with Gasteiger partial charge in [0.25, 0.3) is 6.43 Å². The van der Waals surface area contributed by atoms with E-state index >= 15 is 0 Å². The van der Waals surface area contributed by atoms with Gasteiger partial charge in [0.2, 0.25) is 10.0 Å². The van der Waals surface area contributed by atoms with Crippen molar-refractivity contribution in [3.8, 4) is 0 Å². The fraction of sp³-hybridized carbons (Fsp3) is 0.562. The van der Waals surface area contributed by atoms with Gasteiger partial charge >= 0.3 is 0 Å². The molecule has 1 saturated heterocycles. The molecule has 12 heteroatoms. The molecular weight excluding hydrogens is 392 g/mol. The second kappa shape index (κ2) is 6.42. The predicted molar refractivity (Wildman–Crippen MR) is 96.4 cm³/mol. The van der Waals surface area contributed by atoms with Gasteiger partial charge in [0.15, 0.2) is 17.1 Å². The standard InChI is InChI=1S/C16H19F2N7O2S/c17-13(18)8-24-7-9(23-28(26,27)10-1-2-10)5-12(24)16-22-21-14-6-20-15-11(25(14)16)3-4-19-15/h3-4,6,9-10,12-13,19,23H,1-2,5,7-8H2/t9-,12-/m1/s1. The molecule has 0 amide bonds. The Hall–Kier alpha value is -2.18. The number of rotatable bonds is 6. The van der Waals surface area contributed by atoms with Crippen molar-refractivity contribution in [3.63, 3.8) is 0 Å². The SMILES string of the molecule is O=S(=O)(N[C@@H]1C[C@H](c2nnc3cnc4[nH]ccc4n23)N(CC(F)F)C1)C1CC1. The number of sulfonamides is 1. The first-order valence-electron chi connectivity index (χ1n) is 9.13. The molecule has 4 heterocycles.